The molecule has 0 aliphatic carbocycles. The van der Waals surface area contributed by atoms with Crippen LogP contribution in [-0.4, -0.2) is 23.7 Å². The molecule has 0 atom stereocenters. The van der Waals surface area contributed by atoms with E-state index in [4.69, 9.17) is 4.74 Å². The first-order valence-corrected chi connectivity index (χ1v) is 6.30. The van der Waals surface area contributed by atoms with Gasteiger partial charge in [-0.2, -0.15) is 0 Å². The Morgan fingerprint density at radius 3 is 2.87 bits per heavy atom. The Bertz CT molecular complexity index is 318. The zero-order valence-electron chi connectivity index (χ0n) is 9.38. The highest BCUT2D eigenvalue weighted by Gasteiger charge is 2.26. The van der Waals surface area contributed by atoms with Gasteiger partial charge in [0.1, 0.15) is 5.01 Å². The highest BCUT2D eigenvalue weighted by molar-refractivity contribution is 7.09. The molecule has 84 valence electrons. The lowest BCUT2D eigenvalue weighted by molar-refractivity contribution is 0.0446. The molecule has 1 aromatic heterocycles. The van der Waals surface area contributed by atoms with Crippen LogP contribution in [-0.2, 0) is 11.3 Å². The molecule has 1 aliphatic heterocycles. The zero-order valence-corrected chi connectivity index (χ0v) is 10.2. The number of nitrogens with zero attached hydrogens (tertiary/aromatic N) is 1. The molecule has 15 heavy (non-hydrogen) atoms. The highest BCUT2D eigenvalue weighted by Crippen LogP contribution is 2.20. The fourth-order valence-corrected chi connectivity index (χ4v) is 2.48. The summed E-state index contributed by atoms with van der Waals surface area (Å²) in [6, 6.07) is 0. The molecular weight excluding hydrogens is 208 g/mol. The fraction of sp³-hybridized carbons (Fsp3) is 0.727. The predicted molar refractivity (Wildman–Crippen MR) is 62.1 cm³/mol. The fourth-order valence-electron chi connectivity index (χ4n) is 1.77. The lowest BCUT2D eigenvalue weighted by atomic mass is 9.93. The van der Waals surface area contributed by atoms with Crippen LogP contribution in [0, 0.1) is 6.92 Å². The summed E-state index contributed by atoms with van der Waals surface area (Å²) in [5.41, 5.74) is 1.35. The third-order valence-electron chi connectivity index (χ3n) is 2.93. The first-order valence-electron chi connectivity index (χ1n) is 5.42. The van der Waals surface area contributed by atoms with E-state index < -0.39 is 0 Å². The van der Waals surface area contributed by atoms with Crippen LogP contribution in [0.15, 0.2) is 5.38 Å². The van der Waals surface area contributed by atoms with Crippen LogP contribution in [0.4, 0.5) is 0 Å². The minimum Gasteiger partial charge on any atom is -0.381 e. The Labute approximate surface area is 94.9 Å². The second-order valence-corrected chi connectivity index (χ2v) is 5.35. The largest absolute Gasteiger partial charge is 0.381 e. The van der Waals surface area contributed by atoms with E-state index in [1.807, 2.05) is 6.92 Å². The first kappa shape index (κ1) is 11.0. The van der Waals surface area contributed by atoms with Gasteiger partial charge in [0.15, 0.2) is 0 Å². The minimum atomic E-state index is 0.234. The van der Waals surface area contributed by atoms with Gasteiger partial charge in [-0.15, -0.1) is 11.3 Å². The van der Waals surface area contributed by atoms with Gasteiger partial charge in [-0.1, -0.05) is 0 Å². The molecule has 1 saturated heterocycles. The van der Waals surface area contributed by atoms with Gasteiger partial charge in [0.05, 0.1) is 0 Å². The van der Waals surface area contributed by atoms with E-state index in [9.17, 15) is 0 Å². The number of thiazole rings is 1. The summed E-state index contributed by atoms with van der Waals surface area (Å²) in [6.07, 6.45) is 2.19. The molecule has 2 heterocycles. The topological polar surface area (TPSA) is 34.1 Å². The molecule has 1 aromatic rings. The van der Waals surface area contributed by atoms with Crippen molar-refractivity contribution in [2.45, 2.75) is 38.8 Å². The van der Waals surface area contributed by atoms with Gasteiger partial charge in [-0.25, -0.2) is 4.98 Å². The summed E-state index contributed by atoms with van der Waals surface area (Å²) < 4.78 is 5.37. The van der Waals surface area contributed by atoms with Crippen LogP contribution in [0.5, 0.6) is 0 Å². The van der Waals surface area contributed by atoms with E-state index in [0.29, 0.717) is 0 Å². The first-order chi connectivity index (χ1) is 7.18. The molecule has 0 bridgehead atoms. The Morgan fingerprint density at radius 1 is 1.53 bits per heavy atom. The van der Waals surface area contributed by atoms with E-state index in [2.05, 4.69) is 22.6 Å². The number of hydrogen-bond donors (Lipinski definition) is 1. The van der Waals surface area contributed by atoms with E-state index in [1.165, 1.54) is 5.01 Å². The highest BCUT2D eigenvalue weighted by atomic mass is 32.1. The molecule has 0 radical (unpaired) electrons. The van der Waals surface area contributed by atoms with Crippen LogP contribution >= 0.6 is 11.3 Å². The normalized spacial score (nSPS) is 20.4. The van der Waals surface area contributed by atoms with Gasteiger partial charge >= 0.3 is 0 Å². The lowest BCUT2D eigenvalue weighted by Crippen LogP contribution is -2.46. The molecule has 3 nitrogen and oxygen atoms in total. The summed E-state index contributed by atoms with van der Waals surface area (Å²) in [5.74, 6) is 0. The minimum absolute atomic E-state index is 0.234. The van der Waals surface area contributed by atoms with Crippen molar-refractivity contribution < 1.29 is 4.74 Å². The molecule has 2 rings (SSSR count). The van der Waals surface area contributed by atoms with E-state index in [1.54, 1.807) is 11.3 Å². The Morgan fingerprint density at radius 2 is 2.27 bits per heavy atom. The number of aromatic nitrogens is 1. The van der Waals surface area contributed by atoms with Crippen LogP contribution < -0.4 is 5.32 Å². The van der Waals surface area contributed by atoms with Gasteiger partial charge in [-0.3, -0.25) is 0 Å². The number of rotatable bonds is 3. The summed E-state index contributed by atoms with van der Waals surface area (Å²) >= 11 is 1.73. The quantitative estimate of drug-likeness (QED) is 0.857. The van der Waals surface area contributed by atoms with Crippen molar-refractivity contribution >= 4 is 11.3 Å². The molecule has 1 fully saturated rings. The van der Waals surface area contributed by atoms with Crippen LogP contribution in [0.25, 0.3) is 0 Å². The number of aryl methyl sites for hydroxylation is 1. The number of ether oxygens (including phenoxy) is 1. The molecule has 1 aliphatic rings. The lowest BCUT2D eigenvalue weighted by Gasteiger charge is -2.34. The molecule has 1 N–H and O–H groups in total. The molecule has 0 aromatic carbocycles. The molecular formula is C11H18N2OS. The van der Waals surface area contributed by atoms with E-state index >= 15 is 0 Å². The smallest absolute Gasteiger partial charge is 0.107 e. The van der Waals surface area contributed by atoms with Crippen LogP contribution in [0.2, 0.25) is 0 Å². The molecule has 4 heteroatoms. The van der Waals surface area contributed by atoms with Gasteiger partial charge in [0.2, 0.25) is 0 Å². The van der Waals surface area contributed by atoms with E-state index in [0.717, 1.165) is 38.3 Å². The maximum absolute atomic E-state index is 5.37. The predicted octanol–water partition coefficient (Wildman–Crippen LogP) is 2.11. The summed E-state index contributed by atoms with van der Waals surface area (Å²) in [7, 11) is 0. The van der Waals surface area contributed by atoms with Crippen molar-refractivity contribution in [1.82, 2.24) is 10.3 Å². The van der Waals surface area contributed by atoms with Crippen molar-refractivity contribution in [2.75, 3.05) is 13.2 Å². The number of hydrogen-bond acceptors (Lipinski definition) is 4. The molecule has 0 unspecified atom stereocenters. The number of nitrogens with one attached hydrogen (secondary N) is 1. The Balaban J connectivity index is 1.86. The third kappa shape index (κ3) is 3.00. The monoisotopic (exact) mass is 226 g/mol. The third-order valence-corrected chi connectivity index (χ3v) is 3.90. The zero-order chi connectivity index (χ0) is 10.7. The maximum atomic E-state index is 5.37. The Hall–Kier alpha value is -0.450. The van der Waals surface area contributed by atoms with Gasteiger partial charge in [0.25, 0.3) is 0 Å². The second kappa shape index (κ2) is 4.60. The van der Waals surface area contributed by atoms with Crippen molar-refractivity contribution in [3.63, 3.8) is 0 Å². The summed E-state index contributed by atoms with van der Waals surface area (Å²) in [6.45, 7) is 6.95. The second-order valence-electron chi connectivity index (χ2n) is 4.41. The standard InChI is InChI=1S/C11H18N2OS/c1-9-8-15-10(13-9)7-12-11(2)3-5-14-6-4-11/h8,12H,3-7H2,1-2H3. The summed E-state index contributed by atoms with van der Waals surface area (Å²) in [4.78, 5) is 4.45. The van der Waals surface area contributed by atoms with Crippen molar-refractivity contribution in [3.05, 3.63) is 16.1 Å². The van der Waals surface area contributed by atoms with Gasteiger partial charge in [0, 0.05) is 36.4 Å². The SMILES string of the molecule is Cc1csc(CNC2(C)CCOCC2)n1. The van der Waals surface area contributed by atoms with Gasteiger partial charge in [-0.05, 0) is 26.7 Å². The van der Waals surface area contributed by atoms with Crippen molar-refractivity contribution in [1.29, 1.82) is 0 Å². The molecule has 0 amide bonds. The van der Waals surface area contributed by atoms with Crippen molar-refractivity contribution in [2.24, 2.45) is 0 Å². The van der Waals surface area contributed by atoms with Crippen LogP contribution in [0.1, 0.15) is 30.5 Å². The molecule has 0 spiro atoms. The average molecular weight is 226 g/mol. The summed E-state index contributed by atoms with van der Waals surface area (Å²) in [5, 5.41) is 6.88. The van der Waals surface area contributed by atoms with Crippen LogP contribution in [0.3, 0.4) is 0 Å². The van der Waals surface area contributed by atoms with Crippen molar-refractivity contribution in [3.8, 4) is 0 Å². The Kier molecular flexibility index (Phi) is 3.38. The molecule has 0 saturated carbocycles. The van der Waals surface area contributed by atoms with E-state index in [-0.39, 0.29) is 5.54 Å². The van der Waals surface area contributed by atoms with Gasteiger partial charge < -0.3 is 10.1 Å². The average Bonchev–Trinajstić information content (AvgIpc) is 2.63. The maximum Gasteiger partial charge on any atom is 0.107 e.